The molecule has 0 radical (unpaired) electrons. The average Bonchev–Trinajstić information content (AvgIpc) is 4.10. The van der Waals surface area contributed by atoms with Gasteiger partial charge in [0.25, 0.3) is 20.0 Å². The van der Waals surface area contributed by atoms with Gasteiger partial charge in [0.1, 0.15) is 21.9 Å². The summed E-state index contributed by atoms with van der Waals surface area (Å²) in [6, 6.07) is 20.9. The second-order valence-electron chi connectivity index (χ2n) is 19.7. The molecule has 8 aromatic rings. The van der Waals surface area contributed by atoms with Gasteiger partial charge in [0.2, 0.25) is 5.28 Å². The molecule has 3 aliphatic rings. The standard InChI is InChI=1S/C23H22ClN5O3S.C20H23BN2O4S.C9H11Cl2N3O/c1-15-3-5-17(6-4-15)33(30,31)29-8-7-18-19(12-25-13-20(18)29)23-26-21(24)11-22(27-23)28-9-10-32-14-16(28)2;1-14-6-8-15(9-7-14)28(24,25)23-11-10-16-17(12-22-13-18(16)23)21-26-19(2,3)20(4,5)27-21;1-6-5-15-3-2-14(6)8-4-7(10)12-9(11)13-8/h3-8,11-13,16H,9-10,14H2,1-2H3;6-13H,1-5H3;4,6H,2-3,5H2,1H3/t16-;;6-/m1.1/s1. The third kappa shape index (κ3) is 11.3. The topological polar surface area (TPSA) is 199 Å². The molecule has 11 rings (SSSR count). The zero-order chi connectivity index (χ0) is 54.3. The predicted octanol–water partition coefficient (Wildman–Crippen LogP) is 8.81. The van der Waals surface area contributed by atoms with Crippen molar-refractivity contribution in [2.45, 2.75) is 88.5 Å². The highest BCUT2D eigenvalue weighted by Crippen LogP contribution is 2.38. The van der Waals surface area contributed by atoms with E-state index in [0.29, 0.717) is 82.4 Å². The number of pyridine rings is 2. The van der Waals surface area contributed by atoms with Crippen LogP contribution in [-0.2, 0) is 38.8 Å². The van der Waals surface area contributed by atoms with Crippen LogP contribution in [0.3, 0.4) is 0 Å². The number of anilines is 2. The first-order valence-corrected chi connectivity index (χ1v) is 28.4. The summed E-state index contributed by atoms with van der Waals surface area (Å²) in [4.78, 5) is 30.3. The van der Waals surface area contributed by atoms with Gasteiger partial charge in [0.05, 0.1) is 82.9 Å². The third-order valence-corrected chi connectivity index (χ3v) is 17.7. The van der Waals surface area contributed by atoms with Crippen LogP contribution in [0.25, 0.3) is 33.2 Å². The Morgan fingerprint density at radius 1 is 0.592 bits per heavy atom. The van der Waals surface area contributed by atoms with E-state index in [0.717, 1.165) is 28.9 Å². The molecule has 9 heterocycles. The largest absolute Gasteiger partial charge is 0.497 e. The lowest BCUT2D eigenvalue weighted by Crippen LogP contribution is -2.44. The summed E-state index contributed by atoms with van der Waals surface area (Å²) in [7, 11) is -8.13. The van der Waals surface area contributed by atoms with Crippen molar-refractivity contribution < 1.29 is 35.6 Å². The van der Waals surface area contributed by atoms with E-state index >= 15 is 0 Å². The number of nitrogens with zero attached hydrogens (tertiary/aromatic N) is 10. The highest BCUT2D eigenvalue weighted by atomic mass is 35.5. The molecule has 6 aromatic heterocycles. The van der Waals surface area contributed by atoms with E-state index in [9.17, 15) is 16.8 Å². The Morgan fingerprint density at radius 2 is 1.05 bits per heavy atom. The van der Waals surface area contributed by atoms with E-state index in [-0.39, 0.29) is 27.2 Å². The number of hydrogen-bond donors (Lipinski definition) is 0. The molecular formula is C52H56BCl3N10O8S2. The predicted molar refractivity (Wildman–Crippen MR) is 296 cm³/mol. The van der Waals surface area contributed by atoms with Crippen LogP contribution in [0, 0.1) is 13.8 Å². The van der Waals surface area contributed by atoms with Crippen molar-refractivity contribution in [2.75, 3.05) is 49.3 Å². The van der Waals surface area contributed by atoms with Gasteiger partial charge < -0.3 is 28.6 Å². The number of fused-ring (bicyclic) bond motifs is 2. The molecule has 3 aliphatic heterocycles. The quantitative estimate of drug-likeness (QED) is 0.0794. The molecule has 76 heavy (non-hydrogen) atoms. The Bertz CT molecular complexity index is 3610. The molecule has 24 heteroatoms. The van der Waals surface area contributed by atoms with Gasteiger partial charge in [-0.25, -0.2) is 44.7 Å². The summed E-state index contributed by atoms with van der Waals surface area (Å²) in [5.41, 5.74) is 3.27. The third-order valence-electron chi connectivity index (χ3n) is 13.8. The number of aromatic nitrogens is 8. The second kappa shape index (κ2) is 21.9. The minimum absolute atomic E-state index is 0.146. The number of rotatable bonds is 8. The molecule has 0 aliphatic carbocycles. The Balaban J connectivity index is 0.000000149. The van der Waals surface area contributed by atoms with Crippen LogP contribution in [-0.4, -0.2) is 125 Å². The lowest BCUT2D eigenvalue weighted by molar-refractivity contribution is 0.00578. The van der Waals surface area contributed by atoms with Crippen molar-refractivity contribution in [1.82, 2.24) is 37.8 Å². The Kier molecular flexibility index (Phi) is 15.9. The van der Waals surface area contributed by atoms with E-state index in [1.54, 1.807) is 97.6 Å². The summed E-state index contributed by atoms with van der Waals surface area (Å²) in [6.07, 6.45) is 9.46. The number of halogens is 3. The van der Waals surface area contributed by atoms with Gasteiger partial charge in [0.15, 0.2) is 5.82 Å². The lowest BCUT2D eigenvalue weighted by atomic mass is 9.78. The summed E-state index contributed by atoms with van der Waals surface area (Å²) >= 11 is 17.9. The summed E-state index contributed by atoms with van der Waals surface area (Å²) in [6.45, 7) is 20.0. The fourth-order valence-corrected chi connectivity index (χ4v) is 12.1. The fourth-order valence-electron chi connectivity index (χ4n) is 8.82. The van der Waals surface area contributed by atoms with Gasteiger partial charge in [-0.05, 0) is 103 Å². The van der Waals surface area contributed by atoms with E-state index in [4.69, 9.17) is 58.6 Å². The highest BCUT2D eigenvalue weighted by Gasteiger charge is 2.52. The maximum atomic E-state index is 13.3. The first-order valence-electron chi connectivity index (χ1n) is 24.4. The summed E-state index contributed by atoms with van der Waals surface area (Å²) < 4.78 is 78.5. The molecule has 2 aromatic carbocycles. The van der Waals surface area contributed by atoms with Gasteiger partial charge in [0, 0.05) is 71.8 Å². The van der Waals surface area contributed by atoms with Crippen LogP contribution in [0.15, 0.2) is 120 Å². The zero-order valence-electron chi connectivity index (χ0n) is 43.1. The second-order valence-corrected chi connectivity index (χ2v) is 24.4. The number of morpholine rings is 2. The fraction of sp³-hybridized carbons (Fsp3) is 0.346. The van der Waals surface area contributed by atoms with E-state index in [2.05, 4.69) is 48.6 Å². The van der Waals surface area contributed by atoms with Gasteiger partial charge in [-0.1, -0.05) is 58.6 Å². The maximum absolute atomic E-state index is 13.3. The van der Waals surface area contributed by atoms with Gasteiger partial charge in [-0.2, -0.15) is 0 Å². The Hall–Kier alpha value is -5.75. The monoisotopic (exact) mass is 1130 g/mol. The van der Waals surface area contributed by atoms with Crippen molar-refractivity contribution in [2.24, 2.45) is 0 Å². The van der Waals surface area contributed by atoms with Crippen LogP contribution in [0.5, 0.6) is 0 Å². The van der Waals surface area contributed by atoms with Crippen molar-refractivity contribution in [3.8, 4) is 11.4 Å². The molecule has 3 saturated heterocycles. The van der Waals surface area contributed by atoms with Crippen LogP contribution < -0.4 is 15.3 Å². The van der Waals surface area contributed by atoms with Gasteiger partial charge >= 0.3 is 7.12 Å². The van der Waals surface area contributed by atoms with Crippen molar-refractivity contribution in [3.63, 3.8) is 0 Å². The smallest absolute Gasteiger partial charge is 0.399 e. The molecule has 0 unspecified atom stereocenters. The first-order chi connectivity index (χ1) is 36.0. The van der Waals surface area contributed by atoms with Crippen LogP contribution in [0.2, 0.25) is 15.6 Å². The number of benzene rings is 2. The Labute approximate surface area is 457 Å². The molecular weight excluding hydrogens is 1070 g/mol. The molecule has 0 amide bonds. The van der Waals surface area contributed by atoms with Crippen LogP contribution in [0.4, 0.5) is 11.6 Å². The minimum atomic E-state index is -3.79. The number of hydrogen-bond acceptors (Lipinski definition) is 16. The summed E-state index contributed by atoms with van der Waals surface area (Å²) in [5.74, 6) is 1.85. The average molecular weight is 1130 g/mol. The molecule has 0 saturated carbocycles. The molecule has 0 spiro atoms. The molecule has 0 N–H and O–H groups in total. The molecule has 3 fully saturated rings. The lowest BCUT2D eigenvalue weighted by Gasteiger charge is -2.34. The minimum Gasteiger partial charge on any atom is -0.399 e. The van der Waals surface area contributed by atoms with Gasteiger partial charge in [-0.3, -0.25) is 9.97 Å². The highest BCUT2D eigenvalue weighted by molar-refractivity contribution is 7.90. The zero-order valence-corrected chi connectivity index (χ0v) is 47.0. The van der Waals surface area contributed by atoms with E-state index in [1.165, 1.54) is 20.3 Å². The van der Waals surface area contributed by atoms with Crippen molar-refractivity contribution >= 4 is 101 Å². The molecule has 0 bridgehead atoms. The SMILES string of the molecule is C[C@@H]1COCCN1c1cc(Cl)nc(Cl)n1.Cc1ccc(S(=O)(=O)n2ccc3c(-c4nc(Cl)cc(N5CCOC[C@H]5C)n4)cncc32)cc1.Cc1ccc(S(=O)(=O)n2ccc3c(B4OC(C)(C)C(C)(C)O4)cncc32)cc1. The normalized spacial score (nSPS) is 18.5. The molecule has 2 atom stereocenters. The Morgan fingerprint density at radius 3 is 1.55 bits per heavy atom. The van der Waals surface area contributed by atoms with Crippen LogP contribution in [0.1, 0.15) is 52.7 Å². The molecule has 398 valence electrons. The number of aryl methyl sites for hydroxylation is 2. The van der Waals surface area contributed by atoms with Crippen molar-refractivity contribution in [1.29, 1.82) is 0 Å². The first kappa shape index (κ1) is 55.0. The number of ether oxygens (including phenoxy) is 2. The van der Waals surface area contributed by atoms with Gasteiger partial charge in [-0.15, -0.1) is 0 Å². The van der Waals surface area contributed by atoms with Crippen molar-refractivity contribution in [3.05, 3.63) is 137 Å². The molecule has 18 nitrogen and oxygen atoms in total. The maximum Gasteiger partial charge on any atom is 0.497 e. The van der Waals surface area contributed by atoms with E-state index in [1.807, 2.05) is 41.5 Å². The van der Waals surface area contributed by atoms with E-state index < -0.39 is 38.4 Å². The van der Waals surface area contributed by atoms with Crippen LogP contribution >= 0.6 is 34.8 Å². The summed E-state index contributed by atoms with van der Waals surface area (Å²) in [5, 5.41) is 2.26.